The molecule has 0 bridgehead atoms. The fraction of sp³-hybridized carbons (Fsp3) is 0.500. The second-order valence-corrected chi connectivity index (χ2v) is 6.46. The zero-order chi connectivity index (χ0) is 13.9. The van der Waals surface area contributed by atoms with Crippen molar-refractivity contribution in [1.29, 1.82) is 0 Å². The van der Waals surface area contributed by atoms with Gasteiger partial charge in [-0.15, -0.1) is 0 Å². The van der Waals surface area contributed by atoms with E-state index in [4.69, 9.17) is 5.11 Å². The molecular weight excluding hydrogens is 268 g/mol. The second-order valence-electron chi connectivity index (χ2n) is 4.57. The molecule has 1 aliphatic carbocycles. The number of pyridine rings is 1. The van der Waals surface area contributed by atoms with Crippen molar-refractivity contribution in [3.8, 4) is 0 Å². The van der Waals surface area contributed by atoms with E-state index in [1.807, 2.05) is 0 Å². The van der Waals surface area contributed by atoms with Crippen LogP contribution >= 0.6 is 0 Å². The number of carbonyl (C=O) groups is 1. The topological polar surface area (TPSA) is 87.6 Å². The fourth-order valence-corrected chi connectivity index (χ4v) is 3.97. The van der Waals surface area contributed by atoms with Crippen molar-refractivity contribution in [2.75, 3.05) is 6.54 Å². The number of sulfonamides is 1. The van der Waals surface area contributed by atoms with Crippen molar-refractivity contribution >= 4 is 16.0 Å². The molecule has 2 rings (SSSR count). The maximum Gasteiger partial charge on any atom is 0.318 e. The van der Waals surface area contributed by atoms with Gasteiger partial charge in [0.05, 0.1) is 0 Å². The molecule has 1 N–H and O–H groups in total. The fourth-order valence-electron chi connectivity index (χ4n) is 2.37. The van der Waals surface area contributed by atoms with Crippen LogP contribution in [0.1, 0.15) is 25.7 Å². The van der Waals surface area contributed by atoms with Gasteiger partial charge < -0.3 is 5.11 Å². The van der Waals surface area contributed by atoms with Crippen LogP contribution in [-0.2, 0) is 14.8 Å². The van der Waals surface area contributed by atoms with Crippen LogP contribution < -0.4 is 0 Å². The zero-order valence-corrected chi connectivity index (χ0v) is 11.2. The monoisotopic (exact) mass is 284 g/mol. The van der Waals surface area contributed by atoms with Crippen molar-refractivity contribution in [3.63, 3.8) is 0 Å². The largest absolute Gasteiger partial charge is 0.480 e. The number of hydrogen-bond acceptors (Lipinski definition) is 4. The average Bonchev–Trinajstić information content (AvgIpc) is 2.90. The van der Waals surface area contributed by atoms with Crippen molar-refractivity contribution in [2.45, 2.75) is 36.6 Å². The van der Waals surface area contributed by atoms with Crippen LogP contribution in [0.2, 0.25) is 0 Å². The highest BCUT2D eigenvalue weighted by Gasteiger charge is 2.34. The van der Waals surface area contributed by atoms with E-state index in [-0.39, 0.29) is 10.9 Å². The zero-order valence-electron chi connectivity index (χ0n) is 10.4. The summed E-state index contributed by atoms with van der Waals surface area (Å²) in [6.45, 7) is -0.498. The van der Waals surface area contributed by atoms with Gasteiger partial charge in [0.25, 0.3) is 0 Å². The summed E-state index contributed by atoms with van der Waals surface area (Å²) in [6.07, 6.45) is 6.03. The summed E-state index contributed by atoms with van der Waals surface area (Å²) < 4.78 is 26.1. The first-order valence-corrected chi connectivity index (χ1v) is 7.59. The number of aliphatic carboxylic acids is 1. The quantitative estimate of drug-likeness (QED) is 0.874. The van der Waals surface area contributed by atoms with E-state index in [1.54, 1.807) is 0 Å². The molecule has 1 aromatic rings. The van der Waals surface area contributed by atoms with Crippen LogP contribution in [0.25, 0.3) is 0 Å². The van der Waals surface area contributed by atoms with Gasteiger partial charge in [-0.25, -0.2) is 8.42 Å². The molecule has 0 radical (unpaired) electrons. The Morgan fingerprint density at radius 2 is 2.11 bits per heavy atom. The lowest BCUT2D eigenvalue weighted by Gasteiger charge is -2.26. The average molecular weight is 284 g/mol. The summed E-state index contributed by atoms with van der Waals surface area (Å²) in [7, 11) is -3.79. The van der Waals surface area contributed by atoms with Gasteiger partial charge in [0.1, 0.15) is 11.4 Å². The van der Waals surface area contributed by atoms with E-state index in [1.165, 1.54) is 24.5 Å². The minimum Gasteiger partial charge on any atom is -0.480 e. The molecule has 1 heterocycles. The minimum atomic E-state index is -3.79. The van der Waals surface area contributed by atoms with E-state index >= 15 is 0 Å². The Morgan fingerprint density at radius 1 is 1.42 bits per heavy atom. The van der Waals surface area contributed by atoms with Gasteiger partial charge in [-0.3, -0.25) is 9.78 Å². The first kappa shape index (κ1) is 14.0. The maximum absolute atomic E-state index is 12.5. The van der Waals surface area contributed by atoms with Gasteiger partial charge in [0.2, 0.25) is 10.0 Å². The molecule has 0 amide bonds. The van der Waals surface area contributed by atoms with Crippen LogP contribution in [0.15, 0.2) is 29.4 Å². The summed E-state index contributed by atoms with van der Waals surface area (Å²) in [4.78, 5) is 14.8. The molecule has 0 aliphatic heterocycles. The van der Waals surface area contributed by atoms with Crippen LogP contribution in [0.3, 0.4) is 0 Å². The third kappa shape index (κ3) is 3.10. The molecule has 0 aromatic carbocycles. The van der Waals surface area contributed by atoms with Crippen LogP contribution in [0, 0.1) is 0 Å². The van der Waals surface area contributed by atoms with Crippen molar-refractivity contribution in [1.82, 2.24) is 9.29 Å². The first-order valence-electron chi connectivity index (χ1n) is 6.15. The van der Waals surface area contributed by atoms with Gasteiger partial charge in [0, 0.05) is 18.4 Å². The Balaban J connectivity index is 2.34. The molecule has 1 aromatic heterocycles. The highest BCUT2D eigenvalue weighted by Crippen LogP contribution is 2.28. The molecule has 7 heteroatoms. The molecule has 6 nitrogen and oxygen atoms in total. The SMILES string of the molecule is O=C(O)CN(C1CCCC1)S(=O)(=O)c1cccnc1. The van der Waals surface area contributed by atoms with Crippen molar-refractivity contribution in [3.05, 3.63) is 24.5 Å². The molecule has 19 heavy (non-hydrogen) atoms. The minimum absolute atomic E-state index is 0.0446. The van der Waals surface area contributed by atoms with Gasteiger partial charge in [-0.1, -0.05) is 12.8 Å². The highest BCUT2D eigenvalue weighted by atomic mass is 32.2. The number of rotatable bonds is 5. The van der Waals surface area contributed by atoms with Crippen molar-refractivity contribution in [2.24, 2.45) is 0 Å². The Kier molecular flexibility index (Phi) is 4.16. The van der Waals surface area contributed by atoms with Crippen LogP contribution in [-0.4, -0.2) is 41.4 Å². The summed E-state index contributed by atoms with van der Waals surface area (Å²) in [5, 5.41) is 8.93. The normalized spacial score (nSPS) is 16.9. The van der Waals surface area contributed by atoms with Gasteiger partial charge in [-0.05, 0) is 25.0 Å². The summed E-state index contributed by atoms with van der Waals surface area (Å²) in [6, 6.07) is 2.74. The summed E-state index contributed by atoms with van der Waals surface area (Å²) in [5.74, 6) is -1.14. The summed E-state index contributed by atoms with van der Waals surface area (Å²) >= 11 is 0. The van der Waals surface area contributed by atoms with Gasteiger partial charge in [0.15, 0.2) is 0 Å². The second kappa shape index (κ2) is 5.66. The number of carboxylic acids is 1. The van der Waals surface area contributed by atoms with Gasteiger partial charge in [-0.2, -0.15) is 4.31 Å². The van der Waals surface area contributed by atoms with E-state index in [2.05, 4.69) is 4.98 Å². The summed E-state index contributed by atoms with van der Waals surface area (Å²) in [5.41, 5.74) is 0. The predicted octanol–water partition coefficient (Wildman–Crippen LogP) is 1.10. The molecular formula is C12H16N2O4S. The lowest BCUT2D eigenvalue weighted by molar-refractivity contribution is -0.137. The molecule has 0 saturated heterocycles. The Morgan fingerprint density at radius 3 is 2.63 bits per heavy atom. The third-order valence-electron chi connectivity index (χ3n) is 3.26. The molecule has 1 aliphatic rings. The van der Waals surface area contributed by atoms with Gasteiger partial charge >= 0.3 is 5.97 Å². The Hall–Kier alpha value is -1.47. The van der Waals surface area contributed by atoms with Crippen LogP contribution in [0.4, 0.5) is 0 Å². The van der Waals surface area contributed by atoms with E-state index in [0.29, 0.717) is 12.8 Å². The number of nitrogens with zero attached hydrogens (tertiary/aromatic N) is 2. The Labute approximate surface area is 112 Å². The van der Waals surface area contributed by atoms with Crippen molar-refractivity contribution < 1.29 is 18.3 Å². The highest BCUT2D eigenvalue weighted by molar-refractivity contribution is 7.89. The molecule has 0 spiro atoms. The lowest BCUT2D eigenvalue weighted by Crippen LogP contribution is -2.42. The maximum atomic E-state index is 12.5. The number of carboxylic acid groups (broad SMARTS) is 1. The third-order valence-corrected chi connectivity index (χ3v) is 5.15. The molecule has 0 unspecified atom stereocenters. The standard InChI is InChI=1S/C12H16N2O4S/c15-12(16)9-14(10-4-1-2-5-10)19(17,18)11-6-3-7-13-8-11/h3,6-8,10H,1-2,4-5,9H2,(H,15,16). The Bertz CT molecular complexity index is 538. The van der Waals surface area contributed by atoms with E-state index < -0.39 is 22.5 Å². The smallest absolute Gasteiger partial charge is 0.318 e. The molecule has 1 saturated carbocycles. The first-order chi connectivity index (χ1) is 9.01. The van der Waals surface area contributed by atoms with E-state index in [9.17, 15) is 13.2 Å². The molecule has 1 fully saturated rings. The lowest BCUT2D eigenvalue weighted by atomic mass is 10.2. The predicted molar refractivity (Wildman–Crippen MR) is 68.0 cm³/mol. The molecule has 0 atom stereocenters. The number of aromatic nitrogens is 1. The van der Waals surface area contributed by atoms with E-state index in [0.717, 1.165) is 17.1 Å². The molecule has 104 valence electrons. The number of hydrogen-bond donors (Lipinski definition) is 1. The van der Waals surface area contributed by atoms with Crippen LogP contribution in [0.5, 0.6) is 0 Å².